The van der Waals surface area contributed by atoms with Gasteiger partial charge in [-0.15, -0.1) is 0 Å². The highest BCUT2D eigenvalue weighted by Gasteiger charge is 2.38. The number of carbonyl (C=O) groups excluding carboxylic acids is 2. The third-order valence-electron chi connectivity index (χ3n) is 4.50. The van der Waals surface area contributed by atoms with Gasteiger partial charge >= 0.3 is 5.97 Å². The van der Waals surface area contributed by atoms with E-state index >= 15 is 0 Å². The Labute approximate surface area is 164 Å². The zero-order valence-corrected chi connectivity index (χ0v) is 16.4. The van der Waals surface area contributed by atoms with Gasteiger partial charge in [-0.3, -0.25) is 4.79 Å². The number of allylic oxidation sites excluding steroid dienone is 1. The van der Waals surface area contributed by atoms with Crippen LogP contribution in [0.15, 0.2) is 71.4 Å². The van der Waals surface area contributed by atoms with Crippen LogP contribution in [0.2, 0.25) is 0 Å². The van der Waals surface area contributed by atoms with E-state index in [2.05, 4.69) is 0 Å². The first-order valence-electron chi connectivity index (χ1n) is 9.10. The third-order valence-corrected chi connectivity index (χ3v) is 4.50. The first kappa shape index (κ1) is 19.4. The van der Waals surface area contributed by atoms with E-state index < -0.39 is 5.97 Å². The van der Waals surface area contributed by atoms with Crippen molar-refractivity contribution in [3.05, 3.63) is 77.0 Å². The summed E-state index contributed by atoms with van der Waals surface area (Å²) in [6.45, 7) is 5.58. The zero-order chi connectivity index (χ0) is 20.3. The molecule has 0 radical (unpaired) electrons. The minimum Gasteiger partial charge on any atom is -0.465 e. The van der Waals surface area contributed by atoms with Crippen LogP contribution in [0.1, 0.15) is 26.3 Å². The average Bonchev–Trinajstić information content (AvgIpc) is 2.92. The molecule has 0 N–H and O–H groups in total. The minimum atomic E-state index is -0.517. The number of rotatable bonds is 5. The van der Waals surface area contributed by atoms with Crippen molar-refractivity contribution in [2.45, 2.75) is 26.8 Å². The highest BCUT2D eigenvalue weighted by Crippen LogP contribution is 2.33. The van der Waals surface area contributed by atoms with E-state index in [4.69, 9.17) is 9.47 Å². The second kappa shape index (κ2) is 8.13. The molecule has 0 aliphatic carbocycles. The van der Waals surface area contributed by atoms with E-state index in [0.29, 0.717) is 22.6 Å². The molecule has 0 atom stereocenters. The van der Waals surface area contributed by atoms with Crippen molar-refractivity contribution < 1.29 is 19.1 Å². The monoisotopic (exact) mass is 377 g/mol. The van der Waals surface area contributed by atoms with Crippen LogP contribution in [0.4, 0.5) is 0 Å². The van der Waals surface area contributed by atoms with Gasteiger partial charge in [-0.25, -0.2) is 4.79 Å². The lowest BCUT2D eigenvalue weighted by atomic mass is 10.0. The normalized spacial score (nSPS) is 15.5. The Morgan fingerprint density at radius 1 is 1.04 bits per heavy atom. The lowest BCUT2D eigenvalue weighted by Gasteiger charge is -2.22. The number of nitrogens with zero attached hydrogens (tertiary/aromatic N) is 1. The third kappa shape index (κ3) is 3.83. The predicted octanol–water partition coefficient (Wildman–Crippen LogP) is 4.56. The second-order valence-corrected chi connectivity index (χ2v) is 6.77. The highest BCUT2D eigenvalue weighted by atomic mass is 16.5. The molecule has 144 valence electrons. The molecule has 0 fully saturated rings. The van der Waals surface area contributed by atoms with E-state index in [9.17, 15) is 9.59 Å². The Morgan fingerprint density at radius 3 is 2.36 bits per heavy atom. The van der Waals surface area contributed by atoms with E-state index in [1.54, 1.807) is 17.9 Å². The van der Waals surface area contributed by atoms with Crippen molar-refractivity contribution in [1.29, 1.82) is 0 Å². The summed E-state index contributed by atoms with van der Waals surface area (Å²) >= 11 is 0. The largest absolute Gasteiger partial charge is 0.465 e. The molecule has 0 spiro atoms. The number of hydrogen-bond donors (Lipinski definition) is 0. The number of esters is 1. The Morgan fingerprint density at radius 2 is 1.71 bits per heavy atom. The summed E-state index contributed by atoms with van der Waals surface area (Å²) < 4.78 is 10.8. The van der Waals surface area contributed by atoms with E-state index in [0.717, 1.165) is 11.3 Å². The van der Waals surface area contributed by atoms with Crippen molar-refractivity contribution in [2.24, 2.45) is 0 Å². The van der Waals surface area contributed by atoms with Gasteiger partial charge < -0.3 is 14.4 Å². The van der Waals surface area contributed by atoms with E-state index in [-0.39, 0.29) is 11.9 Å². The summed E-state index contributed by atoms with van der Waals surface area (Å²) in [5, 5.41) is 0. The van der Waals surface area contributed by atoms with Gasteiger partial charge in [0.05, 0.1) is 18.3 Å². The van der Waals surface area contributed by atoms with E-state index in [1.807, 2.05) is 68.4 Å². The van der Waals surface area contributed by atoms with Crippen molar-refractivity contribution in [3.8, 4) is 11.5 Å². The quantitative estimate of drug-likeness (QED) is 0.566. The molecule has 3 rings (SSSR count). The van der Waals surface area contributed by atoms with Gasteiger partial charge in [-0.1, -0.05) is 30.3 Å². The van der Waals surface area contributed by atoms with Gasteiger partial charge in [-0.2, -0.15) is 0 Å². The molecular formula is C23H23NO4. The number of ether oxygens (including phenoxy) is 2. The van der Waals surface area contributed by atoms with Gasteiger partial charge in [-0.05, 0) is 56.7 Å². The fraction of sp³-hybridized carbons (Fsp3) is 0.217. The average molecular weight is 377 g/mol. The standard InChI is InChI=1S/C23H23NO4/c1-15(2)24-16(3)21(23(26)27-4)20(22(24)25)14-17-9-8-12-19(13-17)28-18-10-6-5-7-11-18/h5-15H,1-4H3/b20-14-. The molecule has 0 bridgehead atoms. The van der Waals surface area contributed by atoms with Crippen molar-refractivity contribution >= 4 is 18.0 Å². The molecule has 5 nitrogen and oxygen atoms in total. The molecule has 0 saturated carbocycles. The topological polar surface area (TPSA) is 55.8 Å². The predicted molar refractivity (Wildman–Crippen MR) is 108 cm³/mol. The maximum Gasteiger partial charge on any atom is 0.340 e. The maximum atomic E-state index is 12.9. The lowest BCUT2D eigenvalue weighted by Crippen LogP contribution is -2.31. The van der Waals surface area contributed by atoms with Crippen LogP contribution >= 0.6 is 0 Å². The smallest absolute Gasteiger partial charge is 0.340 e. The molecule has 1 amide bonds. The first-order chi connectivity index (χ1) is 13.4. The molecule has 1 aliphatic rings. The summed E-state index contributed by atoms with van der Waals surface area (Å²) in [6.07, 6.45) is 1.71. The summed E-state index contributed by atoms with van der Waals surface area (Å²) in [4.78, 5) is 26.9. The highest BCUT2D eigenvalue weighted by molar-refractivity contribution is 6.16. The van der Waals surface area contributed by atoms with Gasteiger partial charge in [0.15, 0.2) is 0 Å². The molecule has 0 unspecified atom stereocenters. The summed E-state index contributed by atoms with van der Waals surface area (Å²) in [5.74, 6) is 0.646. The molecule has 1 heterocycles. The fourth-order valence-electron chi connectivity index (χ4n) is 3.28. The molecule has 28 heavy (non-hydrogen) atoms. The van der Waals surface area contributed by atoms with Crippen LogP contribution in [0.25, 0.3) is 6.08 Å². The fourth-order valence-corrected chi connectivity index (χ4v) is 3.28. The number of para-hydroxylation sites is 1. The number of methoxy groups -OCH3 is 1. The van der Waals surface area contributed by atoms with Crippen molar-refractivity contribution in [1.82, 2.24) is 4.90 Å². The van der Waals surface area contributed by atoms with Gasteiger partial charge in [0.25, 0.3) is 5.91 Å². The Hall–Kier alpha value is -3.34. The van der Waals surface area contributed by atoms with Crippen LogP contribution in [0.5, 0.6) is 11.5 Å². The molecule has 0 saturated heterocycles. The number of benzene rings is 2. The van der Waals surface area contributed by atoms with Crippen molar-refractivity contribution in [2.75, 3.05) is 7.11 Å². The maximum absolute atomic E-state index is 12.9. The Balaban J connectivity index is 1.98. The molecule has 0 aromatic heterocycles. The van der Waals surface area contributed by atoms with Crippen LogP contribution in [-0.4, -0.2) is 29.9 Å². The van der Waals surface area contributed by atoms with E-state index in [1.165, 1.54) is 7.11 Å². The molecule has 1 aliphatic heterocycles. The number of amides is 1. The van der Waals surface area contributed by atoms with Gasteiger partial charge in [0, 0.05) is 11.7 Å². The zero-order valence-electron chi connectivity index (χ0n) is 16.4. The molecule has 2 aromatic rings. The second-order valence-electron chi connectivity index (χ2n) is 6.77. The van der Waals surface area contributed by atoms with Crippen molar-refractivity contribution in [3.63, 3.8) is 0 Å². The molecule has 2 aromatic carbocycles. The van der Waals surface area contributed by atoms with Crippen LogP contribution in [0.3, 0.4) is 0 Å². The minimum absolute atomic E-state index is 0.0641. The summed E-state index contributed by atoms with van der Waals surface area (Å²) in [5.41, 5.74) is 2.00. The molecule has 5 heteroatoms. The van der Waals surface area contributed by atoms with Gasteiger partial charge in [0.1, 0.15) is 11.5 Å². The number of carbonyl (C=O) groups is 2. The van der Waals surface area contributed by atoms with Crippen LogP contribution in [0, 0.1) is 0 Å². The molecular weight excluding hydrogens is 354 g/mol. The van der Waals surface area contributed by atoms with Gasteiger partial charge in [0.2, 0.25) is 0 Å². The summed E-state index contributed by atoms with van der Waals surface area (Å²) in [6, 6.07) is 16.8. The SMILES string of the molecule is COC(=O)C1=C(C)N(C(C)C)C(=O)/C1=C\c1cccc(Oc2ccccc2)c1. The first-order valence-corrected chi connectivity index (χ1v) is 9.10. The lowest BCUT2D eigenvalue weighted by molar-refractivity contribution is -0.136. The number of hydrogen-bond acceptors (Lipinski definition) is 4. The van der Waals surface area contributed by atoms with Crippen LogP contribution < -0.4 is 4.74 Å². The summed E-state index contributed by atoms with van der Waals surface area (Å²) in [7, 11) is 1.32. The Kier molecular flexibility index (Phi) is 5.64. The Bertz CT molecular complexity index is 958. The van der Waals surface area contributed by atoms with Crippen LogP contribution in [-0.2, 0) is 14.3 Å².